The minimum atomic E-state index is -0.813. The first kappa shape index (κ1) is 28.6. The van der Waals surface area contributed by atoms with Gasteiger partial charge in [-0.2, -0.15) is 0 Å². The number of benzene rings is 4. The van der Waals surface area contributed by atoms with Gasteiger partial charge in [0.15, 0.2) is 6.29 Å². The first-order valence-electron chi connectivity index (χ1n) is 14.8. The summed E-state index contributed by atoms with van der Waals surface area (Å²) in [5, 5.41) is 9.41. The van der Waals surface area contributed by atoms with Gasteiger partial charge in [-0.1, -0.05) is 131 Å². The topological polar surface area (TPSA) is 29.5 Å². The van der Waals surface area contributed by atoms with Crippen molar-refractivity contribution in [1.29, 1.82) is 0 Å². The Balaban J connectivity index is 1.32. The van der Waals surface area contributed by atoms with Gasteiger partial charge in [-0.15, -0.1) is 0 Å². The van der Waals surface area contributed by atoms with Gasteiger partial charge in [0.05, 0.1) is 0 Å². The molecule has 0 aliphatic heterocycles. The van der Waals surface area contributed by atoms with Gasteiger partial charge in [0.2, 0.25) is 0 Å². The van der Waals surface area contributed by atoms with E-state index in [0.29, 0.717) is 5.75 Å². The number of ether oxygens (including phenoxy) is 1. The highest BCUT2D eigenvalue weighted by atomic mass is 16.6. The van der Waals surface area contributed by atoms with Crippen LogP contribution < -0.4 is 4.74 Å². The monoisotopic (exact) mass is 520 g/mol. The highest BCUT2D eigenvalue weighted by molar-refractivity contribution is 5.75. The summed E-state index contributed by atoms with van der Waals surface area (Å²) in [5.41, 5.74) is 9.98. The third-order valence-corrected chi connectivity index (χ3v) is 7.52. The molecular weight excluding hydrogens is 476 g/mol. The average molecular weight is 521 g/mol. The van der Waals surface area contributed by atoms with Crippen LogP contribution in [0.15, 0.2) is 91.0 Å². The van der Waals surface area contributed by atoms with Crippen LogP contribution in [0.25, 0.3) is 33.4 Å². The molecule has 1 N–H and O–H groups in total. The molecule has 0 bridgehead atoms. The van der Waals surface area contributed by atoms with Crippen molar-refractivity contribution >= 4 is 0 Å². The molecule has 2 nitrogen and oxygen atoms in total. The van der Waals surface area contributed by atoms with Gasteiger partial charge < -0.3 is 9.84 Å². The molecular formula is C37H44O2. The zero-order chi connectivity index (χ0) is 27.5. The zero-order valence-corrected chi connectivity index (χ0v) is 24.0. The van der Waals surface area contributed by atoms with Gasteiger partial charge in [0.1, 0.15) is 5.75 Å². The van der Waals surface area contributed by atoms with E-state index >= 15 is 0 Å². The lowest BCUT2D eigenvalue weighted by Crippen LogP contribution is -2.09. The molecule has 1 atom stereocenters. The predicted octanol–water partition coefficient (Wildman–Crippen LogP) is 10.4. The van der Waals surface area contributed by atoms with Crippen LogP contribution in [0.4, 0.5) is 0 Å². The third kappa shape index (κ3) is 8.57. The summed E-state index contributed by atoms with van der Waals surface area (Å²) in [6.45, 7) is 6.04. The van der Waals surface area contributed by atoms with Crippen LogP contribution in [0.5, 0.6) is 5.75 Å². The number of aliphatic hydroxyl groups excluding tert-OH is 1. The highest BCUT2D eigenvalue weighted by Crippen LogP contribution is 2.31. The SMILES string of the molecule is CCCCCCCCCCc1ccc(-c2ccc(-c3ccc(-c4ccc(OC(C)O)cc4)c(C)c3)cc2)cc1. The maximum absolute atomic E-state index is 9.41. The highest BCUT2D eigenvalue weighted by Gasteiger charge is 2.07. The van der Waals surface area contributed by atoms with E-state index in [0.717, 1.165) is 5.56 Å². The minimum Gasteiger partial charge on any atom is -0.465 e. The van der Waals surface area contributed by atoms with Crippen LogP contribution in [-0.4, -0.2) is 11.4 Å². The Morgan fingerprint density at radius 1 is 0.590 bits per heavy atom. The quantitative estimate of drug-likeness (QED) is 0.132. The first-order valence-corrected chi connectivity index (χ1v) is 14.8. The maximum Gasteiger partial charge on any atom is 0.194 e. The number of unbranched alkanes of at least 4 members (excludes halogenated alkanes) is 7. The smallest absolute Gasteiger partial charge is 0.194 e. The summed E-state index contributed by atoms with van der Waals surface area (Å²) >= 11 is 0. The molecule has 0 saturated carbocycles. The van der Waals surface area contributed by atoms with Gasteiger partial charge in [0.25, 0.3) is 0 Å². The largest absolute Gasteiger partial charge is 0.465 e. The van der Waals surface area contributed by atoms with E-state index < -0.39 is 6.29 Å². The van der Waals surface area contributed by atoms with Gasteiger partial charge in [0, 0.05) is 0 Å². The second-order valence-electron chi connectivity index (χ2n) is 10.8. The van der Waals surface area contributed by atoms with Gasteiger partial charge in [-0.3, -0.25) is 0 Å². The maximum atomic E-state index is 9.41. The van der Waals surface area contributed by atoms with Gasteiger partial charge in [-0.25, -0.2) is 0 Å². The Kier molecular flexibility index (Phi) is 10.8. The Hall–Kier alpha value is -3.36. The van der Waals surface area contributed by atoms with E-state index in [1.165, 1.54) is 96.7 Å². The summed E-state index contributed by atoms with van der Waals surface area (Å²) in [7, 11) is 0. The summed E-state index contributed by atoms with van der Waals surface area (Å²) in [6, 6.07) is 32.6. The molecule has 0 radical (unpaired) electrons. The summed E-state index contributed by atoms with van der Waals surface area (Å²) in [5.74, 6) is 0.668. The normalized spacial score (nSPS) is 11.9. The number of aryl methyl sites for hydroxylation is 2. The molecule has 0 amide bonds. The van der Waals surface area contributed by atoms with Crippen LogP contribution in [0.1, 0.15) is 76.3 Å². The molecule has 4 aromatic carbocycles. The van der Waals surface area contributed by atoms with Crippen molar-refractivity contribution in [1.82, 2.24) is 0 Å². The average Bonchev–Trinajstić information content (AvgIpc) is 2.95. The van der Waals surface area contributed by atoms with E-state index in [2.05, 4.69) is 80.6 Å². The first-order chi connectivity index (χ1) is 19.0. The number of hydrogen-bond acceptors (Lipinski definition) is 2. The Labute approximate surface area is 235 Å². The lowest BCUT2D eigenvalue weighted by Gasteiger charge is -2.12. The molecule has 0 aliphatic carbocycles. The van der Waals surface area contributed by atoms with E-state index in [9.17, 15) is 5.11 Å². The summed E-state index contributed by atoms with van der Waals surface area (Å²) in [6.07, 6.45) is 11.3. The minimum absolute atomic E-state index is 0.668. The molecule has 4 rings (SSSR count). The predicted molar refractivity (Wildman–Crippen MR) is 166 cm³/mol. The second kappa shape index (κ2) is 14.7. The Morgan fingerprint density at radius 2 is 1.08 bits per heavy atom. The second-order valence-corrected chi connectivity index (χ2v) is 10.8. The molecule has 0 saturated heterocycles. The molecule has 0 spiro atoms. The fraction of sp³-hybridized carbons (Fsp3) is 0.351. The molecule has 0 aliphatic rings. The molecule has 0 heterocycles. The lowest BCUT2D eigenvalue weighted by atomic mass is 9.94. The van der Waals surface area contributed by atoms with Gasteiger partial charge in [-0.05, 0) is 83.3 Å². The molecule has 0 aromatic heterocycles. The van der Waals surface area contributed by atoms with Crippen molar-refractivity contribution < 1.29 is 9.84 Å². The van der Waals surface area contributed by atoms with Crippen molar-refractivity contribution in [2.75, 3.05) is 0 Å². The van der Waals surface area contributed by atoms with Crippen molar-refractivity contribution in [3.05, 3.63) is 102 Å². The van der Waals surface area contributed by atoms with Crippen LogP contribution in [0.2, 0.25) is 0 Å². The van der Waals surface area contributed by atoms with E-state index in [1.807, 2.05) is 24.3 Å². The number of hydrogen-bond donors (Lipinski definition) is 1. The molecule has 204 valence electrons. The standard InChI is InChI=1S/C37H44O2/c1-4-5-6-7-8-9-10-11-12-30-13-15-31(16-14-30)32-17-19-33(20-18-32)35-23-26-37(28(2)27-35)34-21-24-36(25-22-34)39-29(3)38/h13-27,29,38H,4-12H2,1-3H3. The molecule has 0 fully saturated rings. The van der Waals surface area contributed by atoms with Crippen molar-refractivity contribution in [2.24, 2.45) is 0 Å². The van der Waals surface area contributed by atoms with Gasteiger partial charge >= 0.3 is 0 Å². The number of rotatable bonds is 14. The van der Waals surface area contributed by atoms with Crippen LogP contribution in [0.3, 0.4) is 0 Å². The van der Waals surface area contributed by atoms with E-state index in [1.54, 1.807) is 6.92 Å². The lowest BCUT2D eigenvalue weighted by molar-refractivity contribution is -0.000284. The van der Waals surface area contributed by atoms with Crippen molar-refractivity contribution in [2.45, 2.75) is 84.8 Å². The van der Waals surface area contributed by atoms with E-state index in [-0.39, 0.29) is 0 Å². The molecule has 4 aromatic rings. The van der Waals surface area contributed by atoms with Crippen molar-refractivity contribution in [3.8, 4) is 39.1 Å². The molecule has 39 heavy (non-hydrogen) atoms. The van der Waals surface area contributed by atoms with Crippen molar-refractivity contribution in [3.63, 3.8) is 0 Å². The van der Waals surface area contributed by atoms with Crippen LogP contribution in [-0.2, 0) is 6.42 Å². The number of aliphatic hydroxyl groups is 1. The van der Waals surface area contributed by atoms with E-state index in [4.69, 9.17) is 4.74 Å². The molecule has 1 unspecified atom stereocenters. The summed E-state index contributed by atoms with van der Waals surface area (Å²) in [4.78, 5) is 0. The Morgan fingerprint density at radius 3 is 1.64 bits per heavy atom. The van der Waals surface area contributed by atoms with Crippen LogP contribution in [0, 0.1) is 6.92 Å². The fourth-order valence-corrected chi connectivity index (χ4v) is 5.26. The van der Waals surface area contributed by atoms with Crippen LogP contribution >= 0.6 is 0 Å². The molecule has 2 heteroatoms. The fourth-order valence-electron chi connectivity index (χ4n) is 5.26. The zero-order valence-electron chi connectivity index (χ0n) is 24.0. The summed E-state index contributed by atoms with van der Waals surface area (Å²) < 4.78 is 5.35. The third-order valence-electron chi connectivity index (χ3n) is 7.52. The Bertz CT molecular complexity index is 1270.